The van der Waals surface area contributed by atoms with Gasteiger partial charge in [0.15, 0.2) is 15.0 Å². The van der Waals surface area contributed by atoms with Crippen LogP contribution in [0.5, 0.6) is 0 Å². The molecule has 9 heteroatoms. The number of benzene rings is 1. The quantitative estimate of drug-likeness (QED) is 0.685. The molecule has 0 bridgehead atoms. The maximum atomic E-state index is 12.4. The number of nitrogens with one attached hydrogen (secondary N) is 1. The smallest absolute Gasteiger partial charge is 0.233 e. The molecule has 1 saturated heterocycles. The topological polar surface area (TPSA) is 94.0 Å². The lowest BCUT2D eigenvalue weighted by Crippen LogP contribution is -2.30. The Kier molecular flexibility index (Phi) is 6.44. The van der Waals surface area contributed by atoms with Crippen LogP contribution in [-0.4, -0.2) is 45.8 Å². The molecular weight excluding hydrogens is 396 g/mol. The monoisotopic (exact) mass is 422 g/mol. The van der Waals surface area contributed by atoms with Crippen LogP contribution in [0.2, 0.25) is 0 Å². The van der Waals surface area contributed by atoms with E-state index >= 15 is 0 Å². The standard InChI is InChI=1S/C19H26N4O3S2/c1-13-4-6-15(7-5-13)11-20-18(24)14(2)27-19-22-21-17(23(19)3)10-16-8-9-28(25,26)12-16/h4-7,14,16H,8-12H2,1-3H3,(H,20,24)/t14-,16+/m0/s1. The first-order valence-corrected chi connectivity index (χ1v) is 12.0. The zero-order valence-electron chi connectivity index (χ0n) is 16.4. The molecule has 1 aliphatic heterocycles. The number of rotatable bonds is 7. The number of nitrogens with zero attached hydrogens (tertiary/aromatic N) is 3. The molecule has 0 radical (unpaired) electrons. The van der Waals surface area contributed by atoms with E-state index in [4.69, 9.17) is 0 Å². The molecule has 0 spiro atoms. The van der Waals surface area contributed by atoms with Gasteiger partial charge in [0.2, 0.25) is 5.91 Å². The summed E-state index contributed by atoms with van der Waals surface area (Å²) < 4.78 is 25.1. The number of aryl methyl sites for hydroxylation is 1. The highest BCUT2D eigenvalue weighted by molar-refractivity contribution is 8.00. The summed E-state index contributed by atoms with van der Waals surface area (Å²) in [5, 5.41) is 11.7. The molecule has 1 aromatic carbocycles. The van der Waals surface area contributed by atoms with Gasteiger partial charge in [-0.1, -0.05) is 41.6 Å². The molecule has 2 atom stereocenters. The van der Waals surface area contributed by atoms with E-state index in [-0.39, 0.29) is 28.6 Å². The summed E-state index contributed by atoms with van der Waals surface area (Å²) in [7, 11) is -1.04. The number of hydrogen-bond donors (Lipinski definition) is 1. The van der Waals surface area contributed by atoms with E-state index in [2.05, 4.69) is 15.5 Å². The minimum absolute atomic E-state index is 0.0583. The SMILES string of the molecule is Cc1ccc(CNC(=O)[C@H](C)Sc2nnc(C[C@H]3CCS(=O)(=O)C3)n2C)cc1. The zero-order chi connectivity index (χ0) is 20.3. The summed E-state index contributed by atoms with van der Waals surface area (Å²) in [5.41, 5.74) is 2.25. The lowest BCUT2D eigenvalue weighted by molar-refractivity contribution is -0.120. The summed E-state index contributed by atoms with van der Waals surface area (Å²) >= 11 is 1.35. The van der Waals surface area contributed by atoms with E-state index in [1.807, 2.05) is 49.7 Å². The van der Waals surface area contributed by atoms with Crippen LogP contribution in [-0.2, 0) is 34.6 Å². The number of amides is 1. The molecule has 28 heavy (non-hydrogen) atoms. The van der Waals surface area contributed by atoms with Gasteiger partial charge in [-0.25, -0.2) is 8.42 Å². The second kappa shape index (κ2) is 8.65. The van der Waals surface area contributed by atoms with Crippen molar-refractivity contribution in [2.45, 2.75) is 43.6 Å². The molecule has 1 N–H and O–H groups in total. The third-order valence-electron chi connectivity index (χ3n) is 4.96. The van der Waals surface area contributed by atoms with Gasteiger partial charge in [-0.15, -0.1) is 10.2 Å². The van der Waals surface area contributed by atoms with E-state index in [9.17, 15) is 13.2 Å². The molecule has 1 aliphatic rings. The summed E-state index contributed by atoms with van der Waals surface area (Å²) in [6.45, 7) is 4.36. The zero-order valence-corrected chi connectivity index (χ0v) is 18.0. The Morgan fingerprint density at radius 2 is 2.04 bits per heavy atom. The second-order valence-corrected chi connectivity index (χ2v) is 10.9. The minimum Gasteiger partial charge on any atom is -0.351 e. The van der Waals surface area contributed by atoms with Crippen molar-refractivity contribution < 1.29 is 13.2 Å². The first kappa shape index (κ1) is 20.9. The van der Waals surface area contributed by atoms with Crippen molar-refractivity contribution in [3.8, 4) is 0 Å². The predicted octanol–water partition coefficient (Wildman–Crippen LogP) is 1.90. The average Bonchev–Trinajstić information content (AvgIpc) is 3.17. The Hall–Kier alpha value is -1.87. The van der Waals surface area contributed by atoms with Gasteiger partial charge in [0, 0.05) is 20.0 Å². The van der Waals surface area contributed by atoms with Crippen LogP contribution >= 0.6 is 11.8 Å². The van der Waals surface area contributed by atoms with Gasteiger partial charge in [0.05, 0.1) is 16.8 Å². The van der Waals surface area contributed by atoms with Crippen molar-refractivity contribution in [1.29, 1.82) is 0 Å². The largest absolute Gasteiger partial charge is 0.351 e. The molecule has 0 unspecified atom stereocenters. The van der Waals surface area contributed by atoms with Crippen LogP contribution < -0.4 is 5.32 Å². The van der Waals surface area contributed by atoms with E-state index in [1.54, 1.807) is 0 Å². The number of carbonyl (C=O) groups excluding carboxylic acids is 1. The van der Waals surface area contributed by atoms with Gasteiger partial charge < -0.3 is 9.88 Å². The molecular formula is C19H26N4O3S2. The second-order valence-electron chi connectivity index (χ2n) is 7.39. The summed E-state index contributed by atoms with van der Waals surface area (Å²) in [6.07, 6.45) is 1.27. The molecule has 0 aliphatic carbocycles. The average molecular weight is 423 g/mol. The predicted molar refractivity (Wildman–Crippen MR) is 110 cm³/mol. The summed E-state index contributed by atoms with van der Waals surface area (Å²) in [6, 6.07) is 8.06. The van der Waals surface area contributed by atoms with Gasteiger partial charge in [-0.2, -0.15) is 0 Å². The van der Waals surface area contributed by atoms with Crippen molar-refractivity contribution in [2.75, 3.05) is 11.5 Å². The van der Waals surface area contributed by atoms with Crippen LogP contribution in [0.1, 0.15) is 30.3 Å². The third kappa shape index (κ3) is 5.35. The molecule has 2 heterocycles. The highest BCUT2D eigenvalue weighted by Gasteiger charge is 2.29. The molecule has 1 aromatic heterocycles. The number of carbonyl (C=O) groups is 1. The number of thioether (sulfide) groups is 1. The molecule has 152 valence electrons. The van der Waals surface area contributed by atoms with E-state index in [0.29, 0.717) is 24.5 Å². The fraction of sp³-hybridized carbons (Fsp3) is 0.526. The molecule has 7 nitrogen and oxygen atoms in total. The van der Waals surface area contributed by atoms with Crippen molar-refractivity contribution in [1.82, 2.24) is 20.1 Å². The Bertz CT molecular complexity index is 939. The van der Waals surface area contributed by atoms with Gasteiger partial charge >= 0.3 is 0 Å². The van der Waals surface area contributed by atoms with Crippen molar-refractivity contribution in [3.05, 3.63) is 41.2 Å². The number of hydrogen-bond acceptors (Lipinski definition) is 6. The first-order chi connectivity index (χ1) is 13.2. The fourth-order valence-corrected chi connectivity index (χ4v) is 5.89. The van der Waals surface area contributed by atoms with Crippen LogP contribution in [0.4, 0.5) is 0 Å². The van der Waals surface area contributed by atoms with E-state index < -0.39 is 9.84 Å². The first-order valence-electron chi connectivity index (χ1n) is 9.32. The van der Waals surface area contributed by atoms with Gasteiger partial charge in [0.1, 0.15) is 5.82 Å². The Morgan fingerprint density at radius 1 is 1.32 bits per heavy atom. The highest BCUT2D eigenvalue weighted by Crippen LogP contribution is 2.25. The Labute approximate surface area is 170 Å². The van der Waals surface area contributed by atoms with Crippen molar-refractivity contribution >= 4 is 27.5 Å². The molecule has 1 fully saturated rings. The van der Waals surface area contributed by atoms with Gasteiger partial charge in [-0.05, 0) is 31.7 Å². The third-order valence-corrected chi connectivity index (χ3v) is 7.93. The molecule has 1 amide bonds. The fourth-order valence-electron chi connectivity index (χ4n) is 3.17. The normalized spacial score (nSPS) is 19.5. The van der Waals surface area contributed by atoms with E-state index in [0.717, 1.165) is 11.4 Å². The van der Waals surface area contributed by atoms with Crippen LogP contribution in [0.25, 0.3) is 0 Å². The minimum atomic E-state index is -2.90. The lowest BCUT2D eigenvalue weighted by atomic mass is 10.1. The van der Waals surface area contributed by atoms with Gasteiger partial charge in [0.25, 0.3) is 0 Å². The molecule has 2 aromatic rings. The number of aromatic nitrogens is 3. The van der Waals surface area contributed by atoms with Gasteiger partial charge in [-0.3, -0.25) is 4.79 Å². The molecule has 3 rings (SSSR count). The van der Waals surface area contributed by atoms with Crippen LogP contribution in [0, 0.1) is 12.8 Å². The molecule has 0 saturated carbocycles. The van der Waals surface area contributed by atoms with E-state index in [1.165, 1.54) is 17.3 Å². The lowest BCUT2D eigenvalue weighted by Gasteiger charge is -2.12. The summed E-state index contributed by atoms with van der Waals surface area (Å²) in [4.78, 5) is 12.4. The number of sulfone groups is 1. The van der Waals surface area contributed by atoms with Crippen molar-refractivity contribution in [3.63, 3.8) is 0 Å². The Morgan fingerprint density at radius 3 is 2.68 bits per heavy atom. The van der Waals surface area contributed by atoms with Crippen LogP contribution in [0.3, 0.4) is 0 Å². The van der Waals surface area contributed by atoms with Crippen LogP contribution in [0.15, 0.2) is 29.4 Å². The Balaban J connectivity index is 1.53. The highest BCUT2D eigenvalue weighted by atomic mass is 32.2. The summed E-state index contributed by atoms with van der Waals surface area (Å²) in [5.74, 6) is 1.28. The maximum absolute atomic E-state index is 12.4. The van der Waals surface area contributed by atoms with Crippen molar-refractivity contribution in [2.24, 2.45) is 13.0 Å². The maximum Gasteiger partial charge on any atom is 0.233 e.